The fourth-order valence-electron chi connectivity index (χ4n) is 4.17. The number of H-pyrrole nitrogens is 1. The number of furan rings is 1. The average molecular weight is 465 g/mol. The predicted molar refractivity (Wildman–Crippen MR) is 123 cm³/mol. The van der Waals surface area contributed by atoms with Crippen molar-refractivity contribution >= 4 is 27.0 Å². The molecule has 8 nitrogen and oxygen atoms in total. The SMILES string of the molecule is O=C(c1ccc(S(=O)(=O)NCc2ccco2)cc1)N1CCC[C@H](c2nc3ccccc3[nH]2)C1. The number of hydrogen-bond acceptors (Lipinski definition) is 5. The third kappa shape index (κ3) is 4.55. The Morgan fingerprint density at radius 3 is 2.70 bits per heavy atom. The van der Waals surface area contributed by atoms with E-state index in [-0.39, 0.29) is 23.3 Å². The van der Waals surface area contributed by atoms with E-state index in [4.69, 9.17) is 9.40 Å². The van der Waals surface area contributed by atoms with E-state index < -0.39 is 10.0 Å². The number of rotatable bonds is 6. The van der Waals surface area contributed by atoms with E-state index in [1.165, 1.54) is 18.4 Å². The number of fused-ring (bicyclic) bond motifs is 1. The summed E-state index contributed by atoms with van der Waals surface area (Å²) in [4.78, 5) is 23.1. The highest BCUT2D eigenvalue weighted by atomic mass is 32.2. The van der Waals surface area contributed by atoms with Crippen molar-refractivity contribution in [3.63, 3.8) is 0 Å². The van der Waals surface area contributed by atoms with Gasteiger partial charge in [-0.05, 0) is 61.4 Å². The number of carbonyl (C=O) groups excluding carboxylic acids is 1. The first-order valence-electron chi connectivity index (χ1n) is 10.9. The Labute approximate surface area is 191 Å². The number of piperidine rings is 1. The number of hydrogen-bond donors (Lipinski definition) is 2. The van der Waals surface area contributed by atoms with Gasteiger partial charge in [-0.2, -0.15) is 0 Å². The van der Waals surface area contributed by atoms with Gasteiger partial charge in [-0.1, -0.05) is 12.1 Å². The van der Waals surface area contributed by atoms with Crippen LogP contribution in [0.25, 0.3) is 11.0 Å². The molecule has 0 bridgehead atoms. The second kappa shape index (κ2) is 8.84. The third-order valence-electron chi connectivity index (χ3n) is 5.93. The summed E-state index contributed by atoms with van der Waals surface area (Å²) in [5.74, 6) is 1.45. The Morgan fingerprint density at radius 1 is 1.12 bits per heavy atom. The number of aromatic nitrogens is 2. The number of carbonyl (C=O) groups is 1. The molecule has 0 radical (unpaired) electrons. The molecule has 0 unspecified atom stereocenters. The van der Waals surface area contributed by atoms with Crippen molar-refractivity contribution in [2.24, 2.45) is 0 Å². The molecule has 0 spiro atoms. The normalized spacial score (nSPS) is 16.8. The van der Waals surface area contributed by atoms with Gasteiger partial charge in [-0.25, -0.2) is 18.1 Å². The van der Waals surface area contributed by atoms with Crippen LogP contribution in [0.1, 0.15) is 40.7 Å². The Bertz CT molecular complexity index is 1330. The predicted octanol–water partition coefficient (Wildman–Crippen LogP) is 3.65. The van der Waals surface area contributed by atoms with Gasteiger partial charge in [0.05, 0.1) is 28.7 Å². The fourth-order valence-corrected chi connectivity index (χ4v) is 5.17. The van der Waals surface area contributed by atoms with Crippen molar-refractivity contribution in [1.29, 1.82) is 0 Å². The lowest BCUT2D eigenvalue weighted by Gasteiger charge is -2.32. The quantitative estimate of drug-likeness (QED) is 0.453. The van der Waals surface area contributed by atoms with Crippen LogP contribution >= 0.6 is 0 Å². The number of benzene rings is 2. The maximum Gasteiger partial charge on any atom is 0.253 e. The highest BCUT2D eigenvalue weighted by Gasteiger charge is 2.27. The summed E-state index contributed by atoms with van der Waals surface area (Å²) in [6.45, 7) is 1.30. The van der Waals surface area contributed by atoms with Crippen molar-refractivity contribution in [3.05, 3.63) is 84.1 Å². The summed E-state index contributed by atoms with van der Waals surface area (Å²) in [5, 5.41) is 0. The van der Waals surface area contributed by atoms with Crippen LogP contribution in [-0.2, 0) is 16.6 Å². The van der Waals surface area contributed by atoms with Crippen molar-refractivity contribution in [2.45, 2.75) is 30.2 Å². The molecule has 1 aliphatic heterocycles. The summed E-state index contributed by atoms with van der Waals surface area (Å²) in [6, 6.07) is 17.3. The number of likely N-dealkylation sites (tertiary alicyclic amines) is 1. The van der Waals surface area contributed by atoms with Gasteiger partial charge in [0.15, 0.2) is 0 Å². The molecule has 2 aromatic carbocycles. The smallest absolute Gasteiger partial charge is 0.253 e. The first-order valence-corrected chi connectivity index (χ1v) is 12.3. The van der Waals surface area contributed by atoms with Gasteiger partial charge < -0.3 is 14.3 Å². The number of sulfonamides is 1. The largest absolute Gasteiger partial charge is 0.468 e. The lowest BCUT2D eigenvalue weighted by Crippen LogP contribution is -2.39. The number of amides is 1. The average Bonchev–Trinajstić information content (AvgIpc) is 3.52. The van der Waals surface area contributed by atoms with Gasteiger partial charge in [0.1, 0.15) is 11.6 Å². The molecule has 4 aromatic rings. The molecular formula is C24H24N4O4S. The van der Waals surface area contributed by atoms with Gasteiger partial charge in [-0.3, -0.25) is 4.79 Å². The topological polar surface area (TPSA) is 108 Å². The summed E-state index contributed by atoms with van der Waals surface area (Å²) >= 11 is 0. The molecule has 1 fully saturated rings. The minimum Gasteiger partial charge on any atom is -0.468 e. The second-order valence-electron chi connectivity index (χ2n) is 8.16. The van der Waals surface area contributed by atoms with E-state index in [2.05, 4.69) is 9.71 Å². The summed E-state index contributed by atoms with van der Waals surface area (Å²) in [7, 11) is -3.71. The molecule has 170 valence electrons. The van der Waals surface area contributed by atoms with E-state index in [1.807, 2.05) is 29.2 Å². The van der Waals surface area contributed by atoms with Crippen LogP contribution in [0.2, 0.25) is 0 Å². The first-order chi connectivity index (χ1) is 16.0. The minimum atomic E-state index is -3.71. The molecule has 2 N–H and O–H groups in total. The van der Waals surface area contributed by atoms with E-state index in [0.29, 0.717) is 24.4 Å². The Kier molecular flexibility index (Phi) is 5.74. The van der Waals surface area contributed by atoms with Crippen LogP contribution in [0.15, 0.2) is 76.2 Å². The van der Waals surface area contributed by atoms with Crippen LogP contribution in [-0.4, -0.2) is 42.3 Å². The van der Waals surface area contributed by atoms with Gasteiger partial charge in [0, 0.05) is 24.6 Å². The van der Waals surface area contributed by atoms with Crippen LogP contribution in [0.4, 0.5) is 0 Å². The molecule has 0 aliphatic carbocycles. The molecular weight excluding hydrogens is 440 g/mol. The summed E-state index contributed by atoms with van der Waals surface area (Å²) in [5.41, 5.74) is 2.38. The number of aromatic amines is 1. The van der Waals surface area contributed by atoms with Crippen LogP contribution in [0, 0.1) is 0 Å². The van der Waals surface area contributed by atoms with E-state index in [1.54, 1.807) is 24.3 Å². The third-order valence-corrected chi connectivity index (χ3v) is 7.35. The molecule has 2 aromatic heterocycles. The van der Waals surface area contributed by atoms with Crippen molar-refractivity contribution in [3.8, 4) is 0 Å². The lowest BCUT2D eigenvalue weighted by atomic mass is 9.96. The summed E-state index contributed by atoms with van der Waals surface area (Å²) < 4.78 is 32.7. The number of nitrogens with zero attached hydrogens (tertiary/aromatic N) is 2. The van der Waals surface area contributed by atoms with Crippen LogP contribution < -0.4 is 4.72 Å². The summed E-state index contributed by atoms with van der Waals surface area (Å²) in [6.07, 6.45) is 3.34. The van der Waals surface area contributed by atoms with Gasteiger partial charge in [-0.15, -0.1) is 0 Å². The van der Waals surface area contributed by atoms with Crippen molar-refractivity contribution in [1.82, 2.24) is 19.6 Å². The van der Waals surface area contributed by atoms with Gasteiger partial charge in [0.2, 0.25) is 10.0 Å². The molecule has 1 saturated heterocycles. The van der Waals surface area contributed by atoms with E-state index in [0.717, 1.165) is 29.7 Å². The number of imidazole rings is 1. The maximum absolute atomic E-state index is 13.1. The van der Waals surface area contributed by atoms with Crippen LogP contribution in [0.5, 0.6) is 0 Å². The van der Waals surface area contributed by atoms with Crippen molar-refractivity contribution in [2.75, 3.05) is 13.1 Å². The molecule has 3 heterocycles. The lowest BCUT2D eigenvalue weighted by molar-refractivity contribution is 0.0705. The zero-order valence-corrected chi connectivity index (χ0v) is 18.7. The molecule has 1 atom stereocenters. The maximum atomic E-state index is 13.1. The van der Waals surface area contributed by atoms with Gasteiger partial charge in [0.25, 0.3) is 5.91 Å². The Balaban J connectivity index is 1.26. The molecule has 1 aliphatic rings. The monoisotopic (exact) mass is 464 g/mol. The highest BCUT2D eigenvalue weighted by molar-refractivity contribution is 7.89. The molecule has 1 amide bonds. The fraction of sp³-hybridized carbons (Fsp3) is 0.250. The molecule has 33 heavy (non-hydrogen) atoms. The van der Waals surface area contributed by atoms with Gasteiger partial charge >= 0.3 is 0 Å². The molecule has 0 saturated carbocycles. The highest BCUT2D eigenvalue weighted by Crippen LogP contribution is 2.27. The standard InChI is InChI=1S/C24H24N4O4S/c29-24(17-9-11-20(12-10-17)33(30,31)25-15-19-6-4-14-32-19)28-13-3-5-18(16-28)23-26-21-7-1-2-8-22(21)27-23/h1-2,4,6-12,14,18,25H,3,5,13,15-16H2,(H,26,27)/t18-/m0/s1. The van der Waals surface area contributed by atoms with E-state index >= 15 is 0 Å². The van der Waals surface area contributed by atoms with Crippen molar-refractivity contribution < 1.29 is 17.6 Å². The Hall–Kier alpha value is -3.43. The number of para-hydroxylation sites is 2. The first kappa shape index (κ1) is 21.4. The molecule has 9 heteroatoms. The number of nitrogens with one attached hydrogen (secondary N) is 2. The zero-order chi connectivity index (χ0) is 22.8. The zero-order valence-electron chi connectivity index (χ0n) is 17.9. The van der Waals surface area contributed by atoms with E-state index in [9.17, 15) is 13.2 Å². The van der Waals surface area contributed by atoms with Crippen LogP contribution in [0.3, 0.4) is 0 Å². The molecule has 5 rings (SSSR count). The second-order valence-corrected chi connectivity index (χ2v) is 9.92. The Morgan fingerprint density at radius 2 is 1.94 bits per heavy atom. The minimum absolute atomic E-state index is 0.0625.